The van der Waals surface area contributed by atoms with E-state index in [0.29, 0.717) is 51.3 Å². The second kappa shape index (κ2) is 11.6. The Morgan fingerprint density at radius 2 is 1.93 bits per heavy atom. The van der Waals surface area contributed by atoms with Crippen LogP contribution < -0.4 is 19.9 Å². The van der Waals surface area contributed by atoms with Gasteiger partial charge in [-0.25, -0.2) is 0 Å². The van der Waals surface area contributed by atoms with Crippen molar-refractivity contribution in [2.45, 2.75) is 57.3 Å². The summed E-state index contributed by atoms with van der Waals surface area (Å²) in [7, 11) is 2.15. The molecule has 0 spiro atoms. The number of carbonyl (C=O) groups excluding carboxylic acids is 1. The number of hydrogen-bond donors (Lipinski definition) is 1. The normalized spacial score (nSPS) is 23.7. The molecule has 1 amide bonds. The van der Waals surface area contributed by atoms with E-state index >= 15 is 0 Å². The number of ether oxygens (including phenoxy) is 1. The van der Waals surface area contributed by atoms with Crippen molar-refractivity contribution >= 4 is 28.2 Å². The summed E-state index contributed by atoms with van der Waals surface area (Å²) in [6, 6.07) is 15.8. The molecule has 4 aliphatic heterocycles. The van der Waals surface area contributed by atoms with Crippen LogP contribution in [0.25, 0.3) is 10.8 Å². The Kier molecular flexibility index (Phi) is 7.53. The fourth-order valence-electron chi connectivity index (χ4n) is 7.10. The molecule has 1 N–H and O–H groups in total. The Hall–Kier alpha value is -3.94. The largest absolute Gasteiger partial charge is 0.462 e. The number of carbonyl (C=O) groups is 1. The number of piperazine rings is 1. The second-order valence-corrected chi connectivity index (χ2v) is 12.4. The van der Waals surface area contributed by atoms with Gasteiger partial charge in [-0.05, 0) is 56.8 Å². The number of nitrogens with zero attached hydrogens (tertiary/aromatic N) is 7. The lowest BCUT2D eigenvalue weighted by atomic mass is 9.99. The van der Waals surface area contributed by atoms with Gasteiger partial charge in [0.1, 0.15) is 12.4 Å². The first-order valence-electron chi connectivity index (χ1n) is 15.6. The van der Waals surface area contributed by atoms with Crippen LogP contribution >= 0.6 is 0 Å². The van der Waals surface area contributed by atoms with E-state index in [-0.39, 0.29) is 18.0 Å². The number of fused-ring (bicyclic) bond motifs is 2. The lowest BCUT2D eigenvalue weighted by Gasteiger charge is -2.42. The molecule has 2 aromatic carbocycles. The van der Waals surface area contributed by atoms with Crippen LogP contribution in [0.15, 0.2) is 36.4 Å². The lowest BCUT2D eigenvalue weighted by Crippen LogP contribution is -2.57. The molecule has 43 heavy (non-hydrogen) atoms. The number of aromatic nitrogens is 2. The van der Waals surface area contributed by atoms with E-state index in [4.69, 9.17) is 14.7 Å². The van der Waals surface area contributed by atoms with Gasteiger partial charge < -0.3 is 29.7 Å². The highest BCUT2D eigenvalue weighted by Gasteiger charge is 2.39. The first kappa shape index (κ1) is 27.9. The molecular weight excluding hydrogens is 540 g/mol. The molecule has 224 valence electrons. The van der Waals surface area contributed by atoms with Crippen LogP contribution in [-0.2, 0) is 17.8 Å². The van der Waals surface area contributed by atoms with Gasteiger partial charge in [-0.1, -0.05) is 30.3 Å². The zero-order chi connectivity index (χ0) is 29.5. The van der Waals surface area contributed by atoms with Crippen molar-refractivity contribution in [2.75, 3.05) is 62.7 Å². The van der Waals surface area contributed by atoms with Crippen LogP contribution in [-0.4, -0.2) is 96.7 Å². The van der Waals surface area contributed by atoms with E-state index in [1.165, 1.54) is 28.4 Å². The number of benzene rings is 2. The van der Waals surface area contributed by atoms with Crippen LogP contribution in [0.4, 0.5) is 11.5 Å². The van der Waals surface area contributed by atoms with Crippen molar-refractivity contribution < 1.29 is 9.53 Å². The Bertz CT molecular complexity index is 1560. The maximum Gasteiger partial charge on any atom is 0.318 e. The third kappa shape index (κ3) is 5.48. The Balaban J connectivity index is 1.21. The molecule has 3 fully saturated rings. The predicted molar refractivity (Wildman–Crippen MR) is 166 cm³/mol. The molecule has 0 bridgehead atoms. The van der Waals surface area contributed by atoms with Gasteiger partial charge in [0, 0.05) is 55.4 Å². The summed E-state index contributed by atoms with van der Waals surface area (Å²) in [6.07, 6.45) is 3.41. The summed E-state index contributed by atoms with van der Waals surface area (Å²) in [5.41, 5.74) is 4.64. The van der Waals surface area contributed by atoms with Gasteiger partial charge in [-0.2, -0.15) is 15.2 Å². The number of aryl methyl sites for hydroxylation is 1. The molecule has 0 unspecified atom stereocenters. The van der Waals surface area contributed by atoms with Crippen LogP contribution in [0.3, 0.4) is 0 Å². The molecule has 5 heterocycles. The number of anilines is 2. The summed E-state index contributed by atoms with van der Waals surface area (Å²) in [6.45, 7) is 7.90. The summed E-state index contributed by atoms with van der Waals surface area (Å²) < 4.78 is 6.33. The van der Waals surface area contributed by atoms with Crippen LogP contribution in [0.1, 0.15) is 36.1 Å². The van der Waals surface area contributed by atoms with Crippen LogP contribution in [0.2, 0.25) is 0 Å². The summed E-state index contributed by atoms with van der Waals surface area (Å²) in [4.78, 5) is 32.0. The van der Waals surface area contributed by atoms with E-state index in [2.05, 4.69) is 76.5 Å². The minimum atomic E-state index is -0.172. The van der Waals surface area contributed by atoms with Crippen molar-refractivity contribution in [3.05, 3.63) is 53.2 Å². The van der Waals surface area contributed by atoms with Gasteiger partial charge in [0.2, 0.25) is 5.91 Å². The van der Waals surface area contributed by atoms with E-state index in [9.17, 15) is 10.1 Å². The molecule has 3 aromatic rings. The van der Waals surface area contributed by atoms with Crippen molar-refractivity contribution in [1.29, 1.82) is 5.26 Å². The van der Waals surface area contributed by atoms with Gasteiger partial charge >= 0.3 is 6.01 Å². The summed E-state index contributed by atoms with van der Waals surface area (Å²) in [5, 5.41) is 15.3. The molecule has 3 saturated heterocycles. The van der Waals surface area contributed by atoms with Crippen molar-refractivity contribution in [3.63, 3.8) is 0 Å². The molecule has 0 saturated carbocycles. The van der Waals surface area contributed by atoms with Crippen LogP contribution in [0.5, 0.6) is 6.01 Å². The first-order valence-corrected chi connectivity index (χ1v) is 15.6. The number of likely N-dealkylation sites (tertiary alicyclic amines) is 1. The number of hydrogen-bond acceptors (Lipinski definition) is 9. The second-order valence-electron chi connectivity index (χ2n) is 12.4. The third-order valence-corrected chi connectivity index (χ3v) is 9.63. The summed E-state index contributed by atoms with van der Waals surface area (Å²) in [5.74, 6) is 1.00. The van der Waals surface area contributed by atoms with E-state index in [0.717, 1.165) is 49.6 Å². The highest BCUT2D eigenvalue weighted by Crippen LogP contribution is 2.36. The van der Waals surface area contributed by atoms with Gasteiger partial charge in [0.15, 0.2) is 0 Å². The molecule has 3 atom stereocenters. The fraction of sp³-hybridized carbons (Fsp3) is 0.515. The SMILES string of the molecule is Cc1cccc2cccc(N3CCc4c(nc(OC[C@@H]5CCCN5C)nc4N4CCN(C(=O)[C@H]5CN5)[C@@H](CC#N)C4)C3)c12. The molecule has 1 aromatic heterocycles. The number of rotatable bonds is 7. The first-order chi connectivity index (χ1) is 21.0. The standard InChI is InChI=1S/C33H40N8O2/c1-22-6-3-7-23-8-4-10-29(30(22)23)39-15-12-26-28(20-39)36-33(43-21-25-9-5-14-38(25)2)37-31(26)40-16-17-41(24(19-40)11-13-34)32(42)27-18-35-27/h3-4,6-8,10,24-25,27,35H,5,9,11-12,14-21H2,1-2H3/t24-,25-,27+/m0/s1. The molecule has 4 aliphatic rings. The maximum atomic E-state index is 13.0. The molecule has 0 aliphatic carbocycles. The summed E-state index contributed by atoms with van der Waals surface area (Å²) >= 11 is 0. The van der Waals surface area contributed by atoms with Gasteiger partial charge in [-0.3, -0.25) is 4.79 Å². The van der Waals surface area contributed by atoms with Gasteiger partial charge in [0.05, 0.1) is 36.8 Å². The highest BCUT2D eigenvalue weighted by atomic mass is 16.5. The molecular formula is C33H40N8O2. The minimum absolute atomic E-state index is 0.100. The molecule has 0 radical (unpaired) electrons. The number of nitrogens with one attached hydrogen (secondary N) is 1. The minimum Gasteiger partial charge on any atom is -0.462 e. The fourth-order valence-corrected chi connectivity index (χ4v) is 7.10. The maximum absolute atomic E-state index is 13.0. The third-order valence-electron chi connectivity index (χ3n) is 9.63. The van der Waals surface area contributed by atoms with Gasteiger partial charge in [0.25, 0.3) is 0 Å². The number of nitriles is 1. The Morgan fingerprint density at radius 3 is 2.70 bits per heavy atom. The smallest absolute Gasteiger partial charge is 0.318 e. The average Bonchev–Trinajstić information content (AvgIpc) is 3.80. The lowest BCUT2D eigenvalue weighted by molar-refractivity contribution is -0.133. The van der Waals surface area contributed by atoms with Crippen molar-refractivity contribution in [1.82, 2.24) is 25.1 Å². The van der Waals surface area contributed by atoms with Crippen molar-refractivity contribution in [3.8, 4) is 12.1 Å². The highest BCUT2D eigenvalue weighted by molar-refractivity contribution is 5.97. The number of likely N-dealkylation sites (N-methyl/N-ethyl adjacent to an activating group) is 1. The molecule has 10 heteroatoms. The van der Waals surface area contributed by atoms with Gasteiger partial charge in [-0.15, -0.1) is 0 Å². The Morgan fingerprint density at radius 1 is 1.09 bits per heavy atom. The van der Waals surface area contributed by atoms with E-state index in [1.54, 1.807) is 0 Å². The molecule has 7 rings (SSSR count). The van der Waals surface area contributed by atoms with E-state index < -0.39 is 0 Å². The predicted octanol–water partition coefficient (Wildman–Crippen LogP) is 2.88. The Labute approximate surface area is 253 Å². The quantitative estimate of drug-likeness (QED) is 0.422. The zero-order valence-electron chi connectivity index (χ0n) is 25.1. The zero-order valence-corrected chi connectivity index (χ0v) is 25.1. The van der Waals surface area contributed by atoms with E-state index in [1.807, 2.05) is 4.90 Å². The monoisotopic (exact) mass is 580 g/mol. The topological polar surface area (TPSA) is 111 Å². The number of amides is 1. The molecule has 10 nitrogen and oxygen atoms in total. The van der Waals surface area contributed by atoms with Crippen LogP contribution in [0, 0.1) is 18.3 Å². The average molecular weight is 581 g/mol. The van der Waals surface area contributed by atoms with Crippen molar-refractivity contribution in [2.24, 2.45) is 0 Å².